The Labute approximate surface area is 237 Å². The predicted molar refractivity (Wildman–Crippen MR) is 137 cm³/mol. The Morgan fingerprint density at radius 1 is 0.829 bits per heavy atom. The van der Waals surface area contributed by atoms with E-state index < -0.39 is 5.60 Å². The first-order chi connectivity index (χ1) is 15.2. The van der Waals surface area contributed by atoms with Gasteiger partial charge in [0.15, 0.2) is 5.78 Å². The number of carbonyl (C=O) groups excluding carboxylic acids is 1. The molecule has 0 aromatic heterocycles. The molecule has 1 fully saturated rings. The molecule has 0 amide bonds. The first-order valence-corrected chi connectivity index (χ1v) is 10.4. The number of hydrogen-bond donors (Lipinski definition) is 1. The maximum Gasteiger partial charge on any atom is 2.00 e. The van der Waals surface area contributed by atoms with Crippen molar-refractivity contribution in [2.45, 2.75) is 39.2 Å². The van der Waals surface area contributed by atoms with Crippen molar-refractivity contribution in [1.29, 1.82) is 0 Å². The molecule has 1 aliphatic rings. The largest absolute Gasteiger partial charge is 2.00 e. The summed E-state index contributed by atoms with van der Waals surface area (Å²) >= 11 is 0. The quantitative estimate of drug-likeness (QED) is 0.323. The molecule has 1 heterocycles. The molecular weight excluding hydrogens is 528 g/mol. The number of carbonyl (C=O) groups is 1. The number of aliphatic hydroxyl groups is 1. The SMILES string of the molecule is C1CCOC1.COc1cccc(OC)c1C(C)(C)O.COc1cccc(OC)c1C(C)=O.[Br-].[CH3-].[Mg+2]. The van der Waals surface area contributed by atoms with E-state index in [0.29, 0.717) is 34.1 Å². The van der Waals surface area contributed by atoms with E-state index in [-0.39, 0.29) is 53.2 Å². The fraction of sp³-hybridized carbons (Fsp3) is 0.462. The Hall–Kier alpha value is -1.52. The third kappa shape index (κ3) is 12.3. The van der Waals surface area contributed by atoms with Crippen LogP contribution in [0.4, 0.5) is 0 Å². The molecule has 0 saturated carbocycles. The van der Waals surface area contributed by atoms with Crippen molar-refractivity contribution in [2.75, 3.05) is 41.7 Å². The van der Waals surface area contributed by atoms with Gasteiger partial charge in [-0.2, -0.15) is 0 Å². The van der Waals surface area contributed by atoms with Crippen LogP contribution in [0.1, 0.15) is 49.5 Å². The fourth-order valence-corrected chi connectivity index (χ4v) is 3.16. The van der Waals surface area contributed by atoms with Crippen LogP contribution in [0.5, 0.6) is 23.0 Å². The number of Topliss-reactive ketones (excluding diaryl/α,β-unsaturated/α-hetero) is 1. The van der Waals surface area contributed by atoms with Gasteiger partial charge in [0, 0.05) is 13.2 Å². The summed E-state index contributed by atoms with van der Waals surface area (Å²) in [5.74, 6) is 2.31. The van der Waals surface area contributed by atoms with Crippen LogP contribution in [0.25, 0.3) is 0 Å². The van der Waals surface area contributed by atoms with E-state index in [9.17, 15) is 9.90 Å². The molecule has 2 aromatic carbocycles. The molecule has 0 spiro atoms. The summed E-state index contributed by atoms with van der Waals surface area (Å²) in [4.78, 5) is 11.2. The van der Waals surface area contributed by atoms with Crippen LogP contribution >= 0.6 is 0 Å². The van der Waals surface area contributed by atoms with E-state index in [1.54, 1.807) is 58.4 Å². The standard InChI is InChI=1S/C11H16O3.C10H12O3.C4H8O.CH3.BrH.Mg/c1-11(2,12)10-8(13-3)6-5-7-9(10)14-4;1-7(11)10-8(12-2)5-4-6-9(10)13-3;1-2-4-5-3-1;;;/h5-7,12H,1-4H3;4-6H,1-3H3;1-4H2;1H3;1H;/q;;;-1;;+2/p-1. The average molecular weight is 568 g/mol. The second-order valence-electron chi connectivity index (χ2n) is 7.51. The fourth-order valence-electron chi connectivity index (χ4n) is 3.16. The number of hydrogen-bond acceptors (Lipinski definition) is 7. The van der Waals surface area contributed by atoms with E-state index in [1.165, 1.54) is 34.0 Å². The maximum absolute atomic E-state index is 11.2. The molecule has 1 saturated heterocycles. The summed E-state index contributed by atoms with van der Waals surface area (Å²) in [5, 5.41) is 9.95. The number of ether oxygens (including phenoxy) is 5. The van der Waals surface area contributed by atoms with Crippen LogP contribution in [-0.4, -0.2) is 75.6 Å². The Kier molecular flexibility index (Phi) is 21.3. The zero-order chi connectivity index (χ0) is 24.1. The summed E-state index contributed by atoms with van der Waals surface area (Å²) in [5.41, 5.74) is 0.190. The van der Waals surface area contributed by atoms with E-state index in [4.69, 9.17) is 23.7 Å². The third-order valence-electron chi connectivity index (χ3n) is 4.65. The minimum Gasteiger partial charge on any atom is -1.00 e. The smallest absolute Gasteiger partial charge is 1.00 e. The molecule has 0 aliphatic carbocycles. The summed E-state index contributed by atoms with van der Waals surface area (Å²) in [6, 6.07) is 10.7. The molecule has 0 unspecified atom stereocenters. The second kappa shape index (κ2) is 19.6. The predicted octanol–water partition coefficient (Wildman–Crippen LogP) is 1.71. The summed E-state index contributed by atoms with van der Waals surface area (Å²) < 4.78 is 25.4. The molecule has 194 valence electrons. The van der Waals surface area contributed by atoms with E-state index >= 15 is 0 Å². The molecule has 2 aromatic rings. The zero-order valence-corrected chi connectivity index (χ0v) is 25.3. The van der Waals surface area contributed by atoms with Crippen LogP contribution in [-0.2, 0) is 10.3 Å². The Morgan fingerprint density at radius 2 is 1.17 bits per heavy atom. The minimum absolute atomic E-state index is 0. The van der Waals surface area contributed by atoms with E-state index in [0.717, 1.165) is 13.2 Å². The molecule has 9 heteroatoms. The van der Waals surface area contributed by atoms with Gasteiger partial charge in [0.1, 0.15) is 28.6 Å². The average Bonchev–Trinajstić information content (AvgIpc) is 3.37. The van der Waals surface area contributed by atoms with Gasteiger partial charge >= 0.3 is 23.1 Å². The number of benzene rings is 2. The molecule has 3 rings (SSSR count). The normalized spacial score (nSPS) is 11.4. The van der Waals surface area contributed by atoms with Gasteiger partial charge in [-0.25, -0.2) is 0 Å². The monoisotopic (exact) mass is 566 g/mol. The van der Waals surface area contributed by atoms with Gasteiger partial charge in [-0.15, -0.1) is 0 Å². The first-order valence-electron chi connectivity index (χ1n) is 10.4. The van der Waals surface area contributed by atoms with Crippen molar-refractivity contribution in [3.8, 4) is 23.0 Å². The van der Waals surface area contributed by atoms with E-state index in [2.05, 4.69) is 0 Å². The van der Waals surface area contributed by atoms with Gasteiger partial charge in [-0.1, -0.05) is 12.1 Å². The Bertz CT molecular complexity index is 798. The van der Waals surface area contributed by atoms with Crippen molar-refractivity contribution < 1.29 is 50.6 Å². The molecule has 0 atom stereocenters. The van der Waals surface area contributed by atoms with Crippen molar-refractivity contribution >= 4 is 28.8 Å². The van der Waals surface area contributed by atoms with E-state index in [1.807, 2.05) is 6.07 Å². The number of methoxy groups -OCH3 is 4. The van der Waals surface area contributed by atoms with Crippen molar-refractivity contribution in [3.63, 3.8) is 0 Å². The van der Waals surface area contributed by atoms with Crippen molar-refractivity contribution in [3.05, 3.63) is 55.0 Å². The van der Waals surface area contributed by atoms with Gasteiger partial charge in [0.25, 0.3) is 0 Å². The molecular formula is C26H39BrMgO7. The van der Waals surface area contributed by atoms with Gasteiger partial charge in [0.2, 0.25) is 0 Å². The Balaban J connectivity index is -0.000000456. The summed E-state index contributed by atoms with van der Waals surface area (Å²) in [7, 11) is 6.20. The molecule has 7 nitrogen and oxygen atoms in total. The third-order valence-corrected chi connectivity index (χ3v) is 4.65. The number of halogens is 1. The van der Waals surface area contributed by atoms with Crippen molar-refractivity contribution in [1.82, 2.24) is 0 Å². The summed E-state index contributed by atoms with van der Waals surface area (Å²) in [6.45, 7) is 6.89. The number of rotatable bonds is 6. The van der Waals surface area contributed by atoms with Crippen LogP contribution in [0.2, 0.25) is 0 Å². The molecule has 0 bridgehead atoms. The molecule has 1 aliphatic heterocycles. The minimum atomic E-state index is -0.974. The molecule has 1 N–H and O–H groups in total. The van der Waals surface area contributed by atoms with Crippen LogP contribution in [0.15, 0.2) is 36.4 Å². The molecule has 0 radical (unpaired) electrons. The molecule has 35 heavy (non-hydrogen) atoms. The Morgan fingerprint density at radius 3 is 1.40 bits per heavy atom. The van der Waals surface area contributed by atoms with Gasteiger partial charge in [-0.3, -0.25) is 4.79 Å². The van der Waals surface area contributed by atoms with Gasteiger partial charge in [0.05, 0.1) is 39.6 Å². The topological polar surface area (TPSA) is 83.5 Å². The van der Waals surface area contributed by atoms with Crippen molar-refractivity contribution in [2.24, 2.45) is 0 Å². The van der Waals surface area contributed by atoms with Gasteiger partial charge < -0.3 is 53.2 Å². The second-order valence-corrected chi connectivity index (χ2v) is 7.51. The maximum atomic E-state index is 11.2. The number of ketones is 1. The van der Waals surface area contributed by atoms with Crippen LogP contribution in [0, 0.1) is 7.43 Å². The zero-order valence-electron chi connectivity index (χ0n) is 22.3. The van der Waals surface area contributed by atoms with Crippen LogP contribution < -0.4 is 35.9 Å². The van der Waals surface area contributed by atoms with Gasteiger partial charge in [-0.05, 0) is 57.9 Å². The first kappa shape index (κ1) is 38.0. The van der Waals surface area contributed by atoms with Crippen LogP contribution in [0.3, 0.4) is 0 Å². The summed E-state index contributed by atoms with van der Waals surface area (Å²) in [6.07, 6.45) is 2.56.